The second-order valence-electron chi connectivity index (χ2n) is 5.85. The lowest BCUT2D eigenvalue weighted by molar-refractivity contribution is 0.203. The molecule has 5 heteroatoms. The van der Waals surface area contributed by atoms with Gasteiger partial charge in [0, 0.05) is 38.2 Å². The molecule has 0 radical (unpaired) electrons. The molecule has 2 rings (SSSR count). The quantitative estimate of drug-likeness (QED) is 0.798. The van der Waals surface area contributed by atoms with E-state index in [2.05, 4.69) is 36.0 Å². The lowest BCUT2D eigenvalue weighted by Crippen LogP contribution is -2.37. The van der Waals surface area contributed by atoms with E-state index in [-0.39, 0.29) is 0 Å². The van der Waals surface area contributed by atoms with Gasteiger partial charge in [0.1, 0.15) is 17.5 Å². The summed E-state index contributed by atoms with van der Waals surface area (Å²) in [4.78, 5) is 11.9. The van der Waals surface area contributed by atoms with Gasteiger partial charge in [0.15, 0.2) is 0 Å². The van der Waals surface area contributed by atoms with Crippen LogP contribution in [0, 0.1) is 6.92 Å². The molecule has 1 aromatic rings. The first-order chi connectivity index (χ1) is 10.1. The molecule has 0 aliphatic heterocycles. The van der Waals surface area contributed by atoms with Gasteiger partial charge in [-0.2, -0.15) is 0 Å². The molecule has 1 N–H and O–H groups in total. The molecular formula is C16H28N4O. The summed E-state index contributed by atoms with van der Waals surface area (Å²) in [5, 5.41) is 3.22. The fourth-order valence-electron chi connectivity index (χ4n) is 2.51. The van der Waals surface area contributed by atoms with Gasteiger partial charge < -0.3 is 15.0 Å². The van der Waals surface area contributed by atoms with Crippen molar-refractivity contribution in [3.8, 4) is 0 Å². The third-order valence-corrected chi connectivity index (χ3v) is 4.25. The molecule has 1 heterocycles. The van der Waals surface area contributed by atoms with Crippen LogP contribution in [0.4, 0.5) is 11.6 Å². The molecule has 0 bridgehead atoms. The van der Waals surface area contributed by atoms with Crippen molar-refractivity contribution in [2.45, 2.75) is 52.0 Å². The van der Waals surface area contributed by atoms with Crippen LogP contribution in [0.15, 0.2) is 0 Å². The number of methoxy groups -OCH3 is 1. The first-order valence-electron chi connectivity index (χ1n) is 7.94. The lowest BCUT2D eigenvalue weighted by Gasteiger charge is -2.31. The molecule has 0 saturated heterocycles. The number of ether oxygens (including phenoxy) is 1. The van der Waals surface area contributed by atoms with Gasteiger partial charge in [0.25, 0.3) is 0 Å². The highest BCUT2D eigenvalue weighted by Crippen LogP contribution is 2.40. The highest BCUT2D eigenvalue weighted by atomic mass is 16.5. The van der Waals surface area contributed by atoms with Gasteiger partial charge in [-0.05, 0) is 33.1 Å². The summed E-state index contributed by atoms with van der Waals surface area (Å²) in [5.74, 6) is 3.55. The lowest BCUT2D eigenvalue weighted by atomic mass is 10.2. The third kappa shape index (κ3) is 3.64. The van der Waals surface area contributed by atoms with Crippen molar-refractivity contribution in [2.24, 2.45) is 0 Å². The average Bonchev–Trinajstić information content (AvgIpc) is 3.33. The van der Waals surface area contributed by atoms with Crippen LogP contribution in [0.3, 0.4) is 0 Å². The molecule has 1 atom stereocenters. The van der Waals surface area contributed by atoms with Gasteiger partial charge in [-0.25, -0.2) is 9.97 Å². The van der Waals surface area contributed by atoms with E-state index in [1.54, 1.807) is 7.11 Å². The fraction of sp³-hybridized carbons (Fsp3) is 0.750. The number of anilines is 2. The first-order valence-corrected chi connectivity index (χ1v) is 7.94. The SMILES string of the molecule is CCC(C)N(CCOC)c1nc(C2CC2)nc(NC)c1C. The van der Waals surface area contributed by atoms with Crippen LogP contribution in [0.2, 0.25) is 0 Å². The largest absolute Gasteiger partial charge is 0.383 e. The Hall–Kier alpha value is -1.36. The number of nitrogens with one attached hydrogen (secondary N) is 1. The Bertz CT molecular complexity index is 474. The molecule has 1 fully saturated rings. The predicted octanol–water partition coefficient (Wildman–Crippen LogP) is 2.96. The highest BCUT2D eigenvalue weighted by molar-refractivity contribution is 5.59. The van der Waals surface area contributed by atoms with Crippen LogP contribution in [0.1, 0.15) is 50.4 Å². The van der Waals surface area contributed by atoms with Crippen molar-refractivity contribution in [3.05, 3.63) is 11.4 Å². The monoisotopic (exact) mass is 292 g/mol. The Kier molecular flexibility index (Phi) is 5.39. The Labute approximate surface area is 128 Å². The maximum absolute atomic E-state index is 5.27. The minimum atomic E-state index is 0.436. The normalized spacial score (nSPS) is 15.9. The topological polar surface area (TPSA) is 50.3 Å². The molecular weight excluding hydrogens is 264 g/mol. The van der Waals surface area contributed by atoms with E-state index >= 15 is 0 Å². The Balaban J connectivity index is 2.38. The van der Waals surface area contributed by atoms with Gasteiger partial charge in [-0.3, -0.25) is 0 Å². The van der Waals surface area contributed by atoms with Crippen LogP contribution in [-0.4, -0.2) is 43.3 Å². The zero-order valence-electron chi connectivity index (χ0n) is 13.9. The standard InChI is InChI=1S/C16H28N4O/c1-6-11(2)20(9-10-21-5)16-12(3)14(17-4)18-15(19-16)13-7-8-13/h11,13H,6-10H2,1-5H3,(H,17,18,19). The van der Waals surface area contributed by atoms with E-state index < -0.39 is 0 Å². The van der Waals surface area contributed by atoms with Gasteiger partial charge in [-0.15, -0.1) is 0 Å². The number of hydrogen-bond acceptors (Lipinski definition) is 5. The van der Waals surface area contributed by atoms with Gasteiger partial charge in [0.2, 0.25) is 0 Å². The highest BCUT2D eigenvalue weighted by Gasteiger charge is 2.29. The molecule has 1 saturated carbocycles. The molecule has 0 spiro atoms. The minimum Gasteiger partial charge on any atom is -0.383 e. The van der Waals surface area contributed by atoms with Crippen molar-refractivity contribution in [2.75, 3.05) is 37.5 Å². The summed E-state index contributed by atoms with van der Waals surface area (Å²) in [6, 6.07) is 0.436. The number of hydrogen-bond donors (Lipinski definition) is 1. The fourth-order valence-corrected chi connectivity index (χ4v) is 2.51. The minimum absolute atomic E-state index is 0.436. The zero-order chi connectivity index (χ0) is 15.4. The maximum Gasteiger partial charge on any atom is 0.137 e. The van der Waals surface area contributed by atoms with Crippen molar-refractivity contribution in [1.29, 1.82) is 0 Å². The van der Waals surface area contributed by atoms with E-state index in [1.807, 2.05) is 7.05 Å². The molecule has 1 aliphatic carbocycles. The number of aromatic nitrogens is 2. The molecule has 5 nitrogen and oxygen atoms in total. The Morgan fingerprint density at radius 1 is 1.38 bits per heavy atom. The maximum atomic E-state index is 5.27. The molecule has 1 aliphatic rings. The summed E-state index contributed by atoms with van der Waals surface area (Å²) in [7, 11) is 3.68. The predicted molar refractivity (Wildman–Crippen MR) is 87.3 cm³/mol. The van der Waals surface area contributed by atoms with Crippen LogP contribution in [-0.2, 0) is 4.74 Å². The summed E-state index contributed by atoms with van der Waals surface area (Å²) in [5.41, 5.74) is 1.12. The van der Waals surface area contributed by atoms with Crippen molar-refractivity contribution in [1.82, 2.24) is 9.97 Å². The van der Waals surface area contributed by atoms with E-state index in [9.17, 15) is 0 Å². The number of rotatable bonds is 8. The molecule has 21 heavy (non-hydrogen) atoms. The van der Waals surface area contributed by atoms with Gasteiger partial charge >= 0.3 is 0 Å². The van der Waals surface area contributed by atoms with Crippen molar-refractivity contribution >= 4 is 11.6 Å². The average molecular weight is 292 g/mol. The third-order valence-electron chi connectivity index (χ3n) is 4.25. The van der Waals surface area contributed by atoms with E-state index in [0.29, 0.717) is 18.6 Å². The van der Waals surface area contributed by atoms with Crippen LogP contribution in [0.25, 0.3) is 0 Å². The van der Waals surface area contributed by atoms with Crippen LogP contribution in [0.5, 0.6) is 0 Å². The zero-order valence-corrected chi connectivity index (χ0v) is 13.9. The molecule has 0 amide bonds. The van der Waals surface area contributed by atoms with Crippen molar-refractivity contribution < 1.29 is 4.74 Å². The van der Waals surface area contributed by atoms with Crippen LogP contribution >= 0.6 is 0 Å². The molecule has 0 aromatic carbocycles. The van der Waals surface area contributed by atoms with E-state index in [1.165, 1.54) is 12.8 Å². The van der Waals surface area contributed by atoms with Crippen molar-refractivity contribution in [3.63, 3.8) is 0 Å². The molecule has 1 aromatic heterocycles. The van der Waals surface area contributed by atoms with Gasteiger partial charge in [0.05, 0.1) is 6.61 Å². The summed E-state index contributed by atoms with van der Waals surface area (Å²) >= 11 is 0. The first kappa shape index (κ1) is 16.0. The Morgan fingerprint density at radius 3 is 2.62 bits per heavy atom. The summed E-state index contributed by atoms with van der Waals surface area (Å²) in [6.45, 7) is 8.12. The smallest absolute Gasteiger partial charge is 0.137 e. The van der Waals surface area contributed by atoms with E-state index in [0.717, 1.165) is 36.0 Å². The summed E-state index contributed by atoms with van der Waals surface area (Å²) in [6.07, 6.45) is 3.51. The second-order valence-corrected chi connectivity index (χ2v) is 5.85. The number of nitrogens with zero attached hydrogens (tertiary/aromatic N) is 3. The summed E-state index contributed by atoms with van der Waals surface area (Å²) < 4.78 is 5.27. The molecule has 118 valence electrons. The van der Waals surface area contributed by atoms with Crippen LogP contribution < -0.4 is 10.2 Å². The Morgan fingerprint density at radius 2 is 2.10 bits per heavy atom. The van der Waals surface area contributed by atoms with E-state index in [4.69, 9.17) is 9.72 Å². The van der Waals surface area contributed by atoms with Gasteiger partial charge in [-0.1, -0.05) is 6.92 Å². The molecule has 1 unspecified atom stereocenters. The second kappa shape index (κ2) is 7.07.